The topological polar surface area (TPSA) is 63.7 Å². The lowest BCUT2D eigenvalue weighted by atomic mass is 10.1. The van der Waals surface area contributed by atoms with Crippen LogP contribution in [0.1, 0.15) is 16.8 Å². The van der Waals surface area contributed by atoms with Crippen molar-refractivity contribution in [3.63, 3.8) is 0 Å². The van der Waals surface area contributed by atoms with E-state index in [1.165, 1.54) is 19.2 Å². The van der Waals surface area contributed by atoms with Crippen LogP contribution < -0.4 is 4.90 Å². The molecule has 0 spiro atoms. The third kappa shape index (κ3) is 2.31. The molecule has 7 heteroatoms. The van der Waals surface area contributed by atoms with Crippen molar-refractivity contribution in [2.75, 3.05) is 18.6 Å². The first-order chi connectivity index (χ1) is 8.97. The Balaban J connectivity index is 2.39. The molecule has 2 rings (SSSR count). The Morgan fingerprint density at radius 3 is 2.53 bits per heavy atom. The predicted octanol–water partition coefficient (Wildman–Crippen LogP) is 2.09. The van der Waals surface area contributed by atoms with E-state index in [1.807, 2.05) is 0 Å². The summed E-state index contributed by atoms with van der Waals surface area (Å²) >= 11 is 11.9. The molecule has 1 amide bonds. The van der Waals surface area contributed by atoms with Crippen LogP contribution in [0.5, 0.6) is 0 Å². The Kier molecular flexibility index (Phi) is 3.78. The molecule has 0 N–H and O–H groups in total. The number of fused-ring (bicyclic) bond motifs is 1. The summed E-state index contributed by atoms with van der Waals surface area (Å²) in [6.07, 6.45) is -0.0300. The number of Topliss-reactive ketones (excluding diaryl/α,β-unsaturated/α-hetero) is 1. The number of benzene rings is 1. The largest absolute Gasteiger partial charge is 0.469 e. The summed E-state index contributed by atoms with van der Waals surface area (Å²) in [7, 11) is 1.25. The van der Waals surface area contributed by atoms with Gasteiger partial charge in [-0.25, -0.2) is 0 Å². The van der Waals surface area contributed by atoms with Gasteiger partial charge in [0.2, 0.25) is 0 Å². The number of nitrogens with zero attached hydrogens (tertiary/aromatic N) is 1. The minimum absolute atomic E-state index is 0.0182. The van der Waals surface area contributed by atoms with Crippen LogP contribution >= 0.6 is 23.2 Å². The van der Waals surface area contributed by atoms with Gasteiger partial charge in [-0.05, 0) is 12.1 Å². The molecule has 0 fully saturated rings. The average Bonchev–Trinajstić information content (AvgIpc) is 2.65. The van der Waals surface area contributed by atoms with Crippen molar-refractivity contribution in [1.29, 1.82) is 0 Å². The summed E-state index contributed by atoms with van der Waals surface area (Å²) in [5, 5.41) is 0.404. The monoisotopic (exact) mass is 301 g/mol. The molecule has 0 radical (unpaired) electrons. The maximum absolute atomic E-state index is 11.9. The molecular formula is C12H9Cl2NO4. The van der Waals surface area contributed by atoms with Gasteiger partial charge in [-0.15, -0.1) is 0 Å². The van der Waals surface area contributed by atoms with Crippen molar-refractivity contribution in [3.8, 4) is 0 Å². The zero-order valence-corrected chi connectivity index (χ0v) is 11.4. The van der Waals surface area contributed by atoms with Crippen LogP contribution in [-0.4, -0.2) is 31.3 Å². The number of ketones is 1. The summed E-state index contributed by atoms with van der Waals surface area (Å²) in [5.41, 5.74) is 0.345. The number of carbonyl (C=O) groups excluding carboxylic acids is 3. The summed E-state index contributed by atoms with van der Waals surface area (Å²) < 4.78 is 4.49. The van der Waals surface area contributed by atoms with Gasteiger partial charge in [-0.2, -0.15) is 0 Å². The van der Waals surface area contributed by atoms with Gasteiger partial charge in [0.15, 0.2) is 0 Å². The van der Waals surface area contributed by atoms with E-state index < -0.39 is 17.7 Å². The van der Waals surface area contributed by atoms with Gasteiger partial charge in [0.05, 0.1) is 34.8 Å². The molecule has 5 nitrogen and oxygen atoms in total. The summed E-state index contributed by atoms with van der Waals surface area (Å²) in [6.45, 7) is 0.0182. The van der Waals surface area contributed by atoms with Crippen molar-refractivity contribution >= 4 is 46.5 Å². The molecule has 0 aliphatic carbocycles. The number of carbonyl (C=O) groups is 3. The Hall–Kier alpha value is -1.59. The lowest BCUT2D eigenvalue weighted by Crippen LogP contribution is -2.32. The van der Waals surface area contributed by atoms with Crippen LogP contribution in [0, 0.1) is 0 Å². The lowest BCUT2D eigenvalue weighted by Gasteiger charge is -2.16. The maximum Gasteiger partial charge on any atom is 0.307 e. The standard InChI is InChI=1S/C12H9Cl2NO4/c1-19-8(16)4-5-15-10-7(14)3-2-6(13)9(10)11(17)12(15)18/h2-3H,4-5H2,1H3. The number of hydrogen-bond donors (Lipinski definition) is 0. The van der Waals surface area contributed by atoms with Crippen LogP contribution in [0.3, 0.4) is 0 Å². The lowest BCUT2D eigenvalue weighted by molar-refractivity contribution is -0.140. The fraction of sp³-hybridized carbons (Fsp3) is 0.250. The molecule has 0 unspecified atom stereocenters. The molecule has 1 aliphatic rings. The van der Waals surface area contributed by atoms with Gasteiger partial charge in [0, 0.05) is 6.54 Å². The van der Waals surface area contributed by atoms with Crippen molar-refractivity contribution < 1.29 is 19.1 Å². The number of esters is 1. The van der Waals surface area contributed by atoms with Crippen LogP contribution in [0.4, 0.5) is 5.69 Å². The highest BCUT2D eigenvalue weighted by Crippen LogP contribution is 2.39. The Labute approximate surface area is 119 Å². The molecule has 0 aromatic heterocycles. The number of rotatable bonds is 3. The maximum atomic E-state index is 11.9. The second kappa shape index (κ2) is 5.19. The highest BCUT2D eigenvalue weighted by molar-refractivity contribution is 6.57. The zero-order valence-electron chi connectivity index (χ0n) is 9.91. The third-order valence-corrected chi connectivity index (χ3v) is 3.40. The van der Waals surface area contributed by atoms with Crippen LogP contribution in [0.25, 0.3) is 0 Å². The Morgan fingerprint density at radius 2 is 1.89 bits per heavy atom. The molecule has 1 aromatic rings. The van der Waals surface area contributed by atoms with Gasteiger partial charge in [-0.1, -0.05) is 23.2 Å². The number of halogens is 2. The van der Waals surface area contributed by atoms with E-state index in [1.54, 1.807) is 0 Å². The summed E-state index contributed by atoms with van der Waals surface area (Å²) in [5.74, 6) is -1.94. The van der Waals surface area contributed by atoms with Crippen molar-refractivity contribution in [1.82, 2.24) is 0 Å². The molecule has 19 heavy (non-hydrogen) atoms. The van der Waals surface area contributed by atoms with Crippen LogP contribution in [0.2, 0.25) is 10.0 Å². The van der Waals surface area contributed by atoms with Crippen LogP contribution in [0.15, 0.2) is 12.1 Å². The van der Waals surface area contributed by atoms with E-state index in [0.29, 0.717) is 0 Å². The minimum atomic E-state index is -0.742. The van der Waals surface area contributed by atoms with Gasteiger partial charge in [-0.3, -0.25) is 14.4 Å². The molecule has 100 valence electrons. The number of hydrogen-bond acceptors (Lipinski definition) is 4. The van der Waals surface area contributed by atoms with Gasteiger partial charge in [0.25, 0.3) is 11.7 Å². The summed E-state index contributed by atoms with van der Waals surface area (Å²) in [6, 6.07) is 2.96. The molecule has 1 heterocycles. The van der Waals surface area contributed by atoms with Crippen molar-refractivity contribution in [3.05, 3.63) is 27.7 Å². The Bertz CT molecular complexity index is 585. The first-order valence-corrected chi connectivity index (χ1v) is 6.14. The highest BCUT2D eigenvalue weighted by Gasteiger charge is 2.39. The Morgan fingerprint density at radius 1 is 1.26 bits per heavy atom. The van der Waals surface area contributed by atoms with E-state index in [2.05, 4.69) is 4.74 Å². The molecular weight excluding hydrogens is 293 g/mol. The fourth-order valence-electron chi connectivity index (χ4n) is 1.87. The number of ether oxygens (including phenoxy) is 1. The van der Waals surface area contributed by atoms with Crippen molar-refractivity contribution in [2.45, 2.75) is 6.42 Å². The van der Waals surface area contributed by atoms with E-state index in [9.17, 15) is 14.4 Å². The van der Waals surface area contributed by atoms with Gasteiger partial charge in [0.1, 0.15) is 0 Å². The molecule has 0 atom stereocenters. The zero-order chi connectivity index (χ0) is 14.2. The number of amides is 1. The average molecular weight is 302 g/mol. The minimum Gasteiger partial charge on any atom is -0.469 e. The SMILES string of the molecule is COC(=O)CCN1C(=O)C(=O)c2c(Cl)ccc(Cl)c21. The number of methoxy groups -OCH3 is 1. The van der Waals surface area contributed by atoms with Gasteiger partial charge < -0.3 is 9.64 Å². The molecule has 1 aromatic carbocycles. The second-order valence-electron chi connectivity index (χ2n) is 3.86. The quantitative estimate of drug-likeness (QED) is 0.633. The number of anilines is 1. The summed E-state index contributed by atoms with van der Waals surface area (Å²) in [4.78, 5) is 36.0. The molecule has 0 bridgehead atoms. The molecule has 0 saturated carbocycles. The van der Waals surface area contributed by atoms with Gasteiger partial charge >= 0.3 is 5.97 Å². The van der Waals surface area contributed by atoms with Crippen molar-refractivity contribution in [2.24, 2.45) is 0 Å². The van der Waals surface area contributed by atoms with E-state index in [0.717, 1.165) is 4.90 Å². The third-order valence-electron chi connectivity index (χ3n) is 2.78. The van der Waals surface area contributed by atoms with E-state index in [4.69, 9.17) is 23.2 Å². The van der Waals surface area contributed by atoms with E-state index >= 15 is 0 Å². The van der Waals surface area contributed by atoms with Crippen LogP contribution in [-0.2, 0) is 14.3 Å². The van der Waals surface area contributed by atoms with E-state index in [-0.39, 0.29) is 34.3 Å². The second-order valence-corrected chi connectivity index (χ2v) is 4.68. The fourth-order valence-corrected chi connectivity index (χ4v) is 2.37. The predicted molar refractivity (Wildman–Crippen MR) is 69.8 cm³/mol. The molecule has 0 saturated heterocycles. The highest BCUT2D eigenvalue weighted by atomic mass is 35.5. The normalized spacial score (nSPS) is 13.7. The smallest absolute Gasteiger partial charge is 0.307 e. The first kappa shape index (κ1) is 13.8. The molecule has 1 aliphatic heterocycles. The first-order valence-electron chi connectivity index (χ1n) is 5.38.